The minimum atomic E-state index is -0.400. The number of hydrogen-bond donors (Lipinski definition) is 1. The van der Waals surface area contributed by atoms with E-state index in [-0.39, 0.29) is 24.8 Å². The third-order valence-electron chi connectivity index (χ3n) is 6.62. The van der Waals surface area contributed by atoms with Crippen LogP contribution in [0.25, 0.3) is 10.9 Å². The van der Waals surface area contributed by atoms with E-state index in [9.17, 15) is 9.59 Å². The van der Waals surface area contributed by atoms with Gasteiger partial charge in [-0.25, -0.2) is 4.68 Å². The molecule has 0 unspecified atom stereocenters. The fourth-order valence-corrected chi connectivity index (χ4v) is 4.80. The first-order chi connectivity index (χ1) is 18.9. The molecule has 1 atom stereocenters. The smallest absolute Gasteiger partial charge is 0.327 e. The molecule has 0 amide bonds. The van der Waals surface area contributed by atoms with Gasteiger partial charge in [-0.1, -0.05) is 36.8 Å². The predicted octanol–water partition coefficient (Wildman–Crippen LogP) is 3.98. The van der Waals surface area contributed by atoms with Crippen LogP contribution in [-0.4, -0.2) is 55.8 Å². The molecule has 206 valence electrons. The van der Waals surface area contributed by atoms with Crippen LogP contribution in [0, 0.1) is 6.92 Å². The summed E-state index contributed by atoms with van der Waals surface area (Å²) in [4.78, 5) is 30.6. The Kier molecular flexibility index (Phi) is 9.43. The van der Waals surface area contributed by atoms with Crippen molar-refractivity contribution < 1.29 is 14.3 Å². The molecule has 0 aliphatic heterocycles. The molecule has 2 aromatic heterocycles. The van der Waals surface area contributed by atoms with Gasteiger partial charge in [0.2, 0.25) is 0 Å². The molecule has 39 heavy (non-hydrogen) atoms. The van der Waals surface area contributed by atoms with Gasteiger partial charge in [0.1, 0.15) is 12.3 Å². The number of hydrogen-bond acceptors (Lipinski definition) is 8. The number of carbonyl (C=O) groups excluding carboxylic acids is 1. The summed E-state index contributed by atoms with van der Waals surface area (Å²) in [6, 6.07) is 15.7. The lowest BCUT2D eigenvalue weighted by Crippen LogP contribution is -2.34. The van der Waals surface area contributed by atoms with Crippen molar-refractivity contribution in [1.82, 2.24) is 30.1 Å². The number of aromatic amines is 1. The highest BCUT2D eigenvalue weighted by atomic mass is 16.5. The molecule has 0 radical (unpaired) electrons. The zero-order valence-electron chi connectivity index (χ0n) is 23.0. The first-order valence-electron chi connectivity index (χ1n) is 13.4. The summed E-state index contributed by atoms with van der Waals surface area (Å²) in [5.41, 5.74) is 3.63. The summed E-state index contributed by atoms with van der Waals surface area (Å²) in [6.07, 6.45) is 1.45. The van der Waals surface area contributed by atoms with Gasteiger partial charge in [-0.15, -0.1) is 5.10 Å². The van der Waals surface area contributed by atoms with Crippen LogP contribution in [0.3, 0.4) is 0 Å². The highest BCUT2D eigenvalue weighted by Gasteiger charge is 2.26. The molecule has 0 aliphatic rings. The Labute approximate surface area is 227 Å². The van der Waals surface area contributed by atoms with E-state index in [0.29, 0.717) is 37.5 Å². The van der Waals surface area contributed by atoms with Crippen molar-refractivity contribution in [2.75, 3.05) is 19.8 Å². The first-order valence-corrected chi connectivity index (χ1v) is 13.4. The van der Waals surface area contributed by atoms with E-state index in [1.165, 1.54) is 15.8 Å². The van der Waals surface area contributed by atoms with Gasteiger partial charge in [0.25, 0.3) is 5.56 Å². The number of fused-ring (bicyclic) bond motifs is 1. The lowest BCUT2D eigenvalue weighted by atomic mass is 10.1. The topological polar surface area (TPSA) is 115 Å². The zero-order chi connectivity index (χ0) is 27.8. The van der Waals surface area contributed by atoms with E-state index >= 15 is 0 Å². The molecule has 0 spiro atoms. The maximum absolute atomic E-state index is 13.2. The van der Waals surface area contributed by atoms with Gasteiger partial charge in [-0.05, 0) is 73.9 Å². The monoisotopic (exact) mass is 532 g/mol. The van der Waals surface area contributed by atoms with Crippen LogP contribution in [0.4, 0.5) is 0 Å². The van der Waals surface area contributed by atoms with Gasteiger partial charge < -0.3 is 14.5 Å². The van der Waals surface area contributed by atoms with Gasteiger partial charge in [0.15, 0.2) is 5.82 Å². The second-order valence-corrected chi connectivity index (χ2v) is 9.44. The molecule has 1 N–H and O–H groups in total. The number of aromatic nitrogens is 5. The number of esters is 1. The van der Waals surface area contributed by atoms with Crippen molar-refractivity contribution in [2.24, 2.45) is 0 Å². The van der Waals surface area contributed by atoms with E-state index in [4.69, 9.17) is 9.47 Å². The number of H-pyrrole nitrogens is 1. The molecule has 0 bridgehead atoms. The summed E-state index contributed by atoms with van der Waals surface area (Å²) >= 11 is 0. The van der Waals surface area contributed by atoms with Crippen LogP contribution < -0.4 is 10.3 Å². The van der Waals surface area contributed by atoms with Crippen LogP contribution in [0.1, 0.15) is 55.7 Å². The molecular formula is C29H36N6O4. The largest absolute Gasteiger partial charge is 0.494 e. The van der Waals surface area contributed by atoms with Crippen LogP contribution in [0.15, 0.2) is 53.3 Å². The zero-order valence-corrected chi connectivity index (χ0v) is 23.0. The van der Waals surface area contributed by atoms with Crippen molar-refractivity contribution in [1.29, 1.82) is 0 Å². The van der Waals surface area contributed by atoms with E-state index < -0.39 is 5.97 Å². The van der Waals surface area contributed by atoms with Crippen LogP contribution in [0.2, 0.25) is 0 Å². The number of aryl methyl sites for hydroxylation is 1. The van der Waals surface area contributed by atoms with Crippen LogP contribution in [0.5, 0.6) is 5.75 Å². The Hall–Kier alpha value is -4.05. The van der Waals surface area contributed by atoms with Crippen molar-refractivity contribution in [3.8, 4) is 5.75 Å². The minimum absolute atomic E-state index is 0.0742. The summed E-state index contributed by atoms with van der Waals surface area (Å²) in [7, 11) is 0. The van der Waals surface area contributed by atoms with E-state index in [2.05, 4.69) is 56.6 Å². The fraction of sp³-hybridized carbons (Fsp3) is 0.414. The van der Waals surface area contributed by atoms with Crippen molar-refractivity contribution in [3.63, 3.8) is 0 Å². The van der Waals surface area contributed by atoms with Crippen molar-refractivity contribution >= 4 is 16.9 Å². The van der Waals surface area contributed by atoms with E-state index in [1.807, 2.05) is 38.1 Å². The van der Waals surface area contributed by atoms with Gasteiger partial charge in [0.05, 0.1) is 19.3 Å². The number of rotatable bonds is 13. The molecule has 0 aliphatic carbocycles. The lowest BCUT2D eigenvalue weighted by Gasteiger charge is -2.30. The Morgan fingerprint density at radius 2 is 1.95 bits per heavy atom. The normalized spacial score (nSPS) is 12.1. The number of nitrogens with zero attached hydrogens (tertiary/aromatic N) is 5. The molecule has 0 saturated heterocycles. The second kappa shape index (κ2) is 13.1. The van der Waals surface area contributed by atoms with Gasteiger partial charge in [0, 0.05) is 29.6 Å². The Morgan fingerprint density at radius 3 is 2.69 bits per heavy atom. The molecular weight excluding hydrogens is 496 g/mol. The second-order valence-electron chi connectivity index (χ2n) is 9.44. The Morgan fingerprint density at radius 1 is 1.10 bits per heavy atom. The molecule has 0 saturated carbocycles. The first kappa shape index (κ1) is 28.0. The molecule has 2 heterocycles. The fourth-order valence-electron chi connectivity index (χ4n) is 4.80. The van der Waals surface area contributed by atoms with E-state index in [0.717, 1.165) is 23.1 Å². The maximum Gasteiger partial charge on any atom is 0.327 e. The number of ether oxygens (including phenoxy) is 2. The SMILES string of the molecule is CCOC(=O)Cn1nnnc1[C@@H](CC)N(CCc1cccc(C)c1)Cc1cc2cc(OCC)ccc2[nH]c1=O. The number of tetrazole rings is 1. The molecule has 2 aromatic carbocycles. The highest BCUT2D eigenvalue weighted by Crippen LogP contribution is 2.26. The lowest BCUT2D eigenvalue weighted by molar-refractivity contribution is -0.144. The van der Waals surface area contributed by atoms with Crippen molar-refractivity contribution in [2.45, 2.75) is 59.7 Å². The van der Waals surface area contributed by atoms with Gasteiger partial charge in [-0.3, -0.25) is 14.5 Å². The molecule has 0 fully saturated rings. The highest BCUT2D eigenvalue weighted by molar-refractivity contribution is 5.80. The molecule has 10 nitrogen and oxygen atoms in total. The number of carbonyl (C=O) groups is 1. The summed E-state index contributed by atoms with van der Waals surface area (Å²) in [6.45, 7) is 9.63. The quantitative estimate of drug-likeness (QED) is 0.257. The third-order valence-corrected chi connectivity index (χ3v) is 6.62. The average Bonchev–Trinajstić information content (AvgIpc) is 3.36. The number of benzene rings is 2. The number of pyridine rings is 1. The van der Waals surface area contributed by atoms with E-state index in [1.54, 1.807) is 6.92 Å². The summed E-state index contributed by atoms with van der Waals surface area (Å²) in [5.74, 6) is 0.915. The average molecular weight is 533 g/mol. The summed E-state index contributed by atoms with van der Waals surface area (Å²) in [5, 5.41) is 13.1. The standard InChI is InChI=1S/C29H36N6O4/c1-5-26(28-31-32-33-35(28)19-27(36)39-7-3)34(14-13-21-10-8-9-20(4)15-21)18-23-16-22-17-24(38-6-2)11-12-25(22)30-29(23)37/h8-12,15-17,26H,5-7,13-14,18-19H2,1-4H3,(H,30,37)/t26-/m1/s1. The molecule has 4 aromatic rings. The Balaban J connectivity index is 1.68. The molecule has 10 heteroatoms. The van der Waals surface area contributed by atoms with Crippen LogP contribution in [-0.2, 0) is 29.0 Å². The van der Waals surface area contributed by atoms with Crippen molar-refractivity contribution in [3.05, 3.63) is 81.4 Å². The summed E-state index contributed by atoms with van der Waals surface area (Å²) < 4.78 is 12.3. The van der Waals surface area contributed by atoms with Crippen LogP contribution >= 0.6 is 0 Å². The van der Waals surface area contributed by atoms with Gasteiger partial charge >= 0.3 is 5.97 Å². The third kappa shape index (κ3) is 7.08. The number of nitrogens with one attached hydrogen (secondary N) is 1. The maximum atomic E-state index is 13.2. The Bertz CT molecular complexity index is 1460. The molecule has 4 rings (SSSR count). The van der Waals surface area contributed by atoms with Gasteiger partial charge in [-0.2, -0.15) is 0 Å². The predicted molar refractivity (Wildman–Crippen MR) is 149 cm³/mol. The minimum Gasteiger partial charge on any atom is -0.494 e.